The number of rotatable bonds is 3. The smallest absolute Gasteiger partial charge is 0.322 e. The average molecular weight is 209 g/mol. The summed E-state index contributed by atoms with van der Waals surface area (Å²) in [6.07, 6.45) is 4.31. The van der Waals surface area contributed by atoms with Gasteiger partial charge in [0.2, 0.25) is 0 Å². The molecule has 5 unspecified atom stereocenters. The van der Waals surface area contributed by atoms with Crippen molar-refractivity contribution in [3.8, 4) is 0 Å². The highest BCUT2D eigenvalue weighted by Gasteiger charge is 2.65. The van der Waals surface area contributed by atoms with E-state index in [1.807, 2.05) is 6.92 Å². The molecule has 3 aliphatic rings. The van der Waals surface area contributed by atoms with Crippen LogP contribution in [0.5, 0.6) is 0 Å². The second-order valence-electron chi connectivity index (χ2n) is 5.43. The molecule has 0 aromatic heterocycles. The topological polar surface area (TPSA) is 38.3 Å². The van der Waals surface area contributed by atoms with Gasteiger partial charge in [-0.25, -0.2) is 0 Å². The molecule has 0 aromatic carbocycles. The van der Waals surface area contributed by atoms with Crippen LogP contribution in [0.3, 0.4) is 0 Å². The zero-order chi connectivity index (χ0) is 10.6. The molecule has 3 rings (SSSR count). The zero-order valence-electron chi connectivity index (χ0n) is 9.40. The largest absolute Gasteiger partial charge is 0.468 e. The molecule has 0 spiro atoms. The van der Waals surface area contributed by atoms with Crippen LogP contribution >= 0.6 is 0 Å². The van der Waals surface area contributed by atoms with Gasteiger partial charge >= 0.3 is 5.97 Å². The molecule has 3 saturated carbocycles. The molecule has 84 valence electrons. The minimum Gasteiger partial charge on any atom is -0.468 e. The summed E-state index contributed by atoms with van der Waals surface area (Å²) in [5.74, 6) is 3.56. The van der Waals surface area contributed by atoms with Gasteiger partial charge in [0.05, 0.1) is 7.11 Å². The summed E-state index contributed by atoms with van der Waals surface area (Å²) in [4.78, 5) is 11.3. The summed E-state index contributed by atoms with van der Waals surface area (Å²) in [6, 6.07) is 0.482. The van der Waals surface area contributed by atoms with Crippen LogP contribution < -0.4 is 5.32 Å². The first-order valence-electron chi connectivity index (χ1n) is 6.06. The Morgan fingerprint density at radius 3 is 2.47 bits per heavy atom. The molecule has 0 radical (unpaired) electrons. The van der Waals surface area contributed by atoms with Gasteiger partial charge in [0.1, 0.15) is 6.04 Å². The van der Waals surface area contributed by atoms with Gasteiger partial charge in [-0.1, -0.05) is 0 Å². The molecule has 3 fully saturated rings. The molecule has 3 nitrogen and oxygen atoms in total. The van der Waals surface area contributed by atoms with E-state index in [9.17, 15) is 4.79 Å². The van der Waals surface area contributed by atoms with Gasteiger partial charge in [-0.05, 0) is 49.9 Å². The van der Waals surface area contributed by atoms with Gasteiger partial charge in [0.15, 0.2) is 0 Å². The lowest BCUT2D eigenvalue weighted by Crippen LogP contribution is -2.38. The van der Waals surface area contributed by atoms with Gasteiger partial charge in [0.25, 0.3) is 0 Å². The lowest BCUT2D eigenvalue weighted by Gasteiger charge is -2.14. The Balaban J connectivity index is 1.57. The van der Waals surface area contributed by atoms with Gasteiger partial charge in [-0.15, -0.1) is 0 Å². The average Bonchev–Trinajstić information content (AvgIpc) is 2.66. The van der Waals surface area contributed by atoms with Gasteiger partial charge < -0.3 is 10.1 Å². The molecule has 0 heterocycles. The normalized spacial score (nSPS) is 47.5. The van der Waals surface area contributed by atoms with E-state index >= 15 is 0 Å². The SMILES string of the molecule is COC(=O)C(C)NC1C2C3CCC(C3)C12. The number of esters is 1. The standard InChI is InChI=1S/C12H19NO2/c1-6(12(14)15-2)13-11-9-7-3-4-8(5-7)10(9)11/h6-11,13H,3-5H2,1-2H3. The van der Waals surface area contributed by atoms with E-state index in [4.69, 9.17) is 4.74 Å². The summed E-state index contributed by atoms with van der Waals surface area (Å²) in [5, 5.41) is 3.43. The van der Waals surface area contributed by atoms with Crippen LogP contribution in [-0.2, 0) is 9.53 Å². The Bertz CT molecular complexity index is 275. The number of hydrogen-bond acceptors (Lipinski definition) is 3. The predicted molar refractivity (Wildman–Crippen MR) is 56.2 cm³/mol. The highest BCUT2D eigenvalue weighted by Crippen LogP contribution is 2.65. The van der Waals surface area contributed by atoms with Crippen molar-refractivity contribution in [2.45, 2.75) is 38.3 Å². The molecule has 0 saturated heterocycles. The fraction of sp³-hybridized carbons (Fsp3) is 0.917. The van der Waals surface area contributed by atoms with Crippen molar-refractivity contribution in [1.29, 1.82) is 0 Å². The third kappa shape index (κ3) is 1.32. The first-order chi connectivity index (χ1) is 7.22. The van der Waals surface area contributed by atoms with Crippen molar-refractivity contribution in [2.75, 3.05) is 7.11 Å². The predicted octanol–water partition coefficient (Wildman–Crippen LogP) is 1.18. The number of carbonyl (C=O) groups is 1. The Morgan fingerprint density at radius 2 is 1.93 bits per heavy atom. The molecule has 5 atom stereocenters. The number of carbonyl (C=O) groups excluding carboxylic acids is 1. The monoisotopic (exact) mass is 209 g/mol. The van der Waals surface area contributed by atoms with Gasteiger partial charge in [0, 0.05) is 6.04 Å². The number of hydrogen-bond donors (Lipinski definition) is 1. The molecule has 0 amide bonds. The Labute approximate surface area is 90.6 Å². The van der Waals surface area contributed by atoms with E-state index in [1.165, 1.54) is 26.4 Å². The third-order valence-corrected chi connectivity index (χ3v) is 4.73. The van der Waals surface area contributed by atoms with Gasteiger partial charge in [-0.2, -0.15) is 0 Å². The summed E-state index contributed by atoms with van der Waals surface area (Å²) >= 11 is 0. The minimum atomic E-state index is -0.134. The molecule has 1 N–H and O–H groups in total. The van der Waals surface area contributed by atoms with Crippen molar-refractivity contribution in [3.05, 3.63) is 0 Å². The van der Waals surface area contributed by atoms with Crippen LogP contribution in [0.1, 0.15) is 26.2 Å². The summed E-state index contributed by atoms with van der Waals surface area (Å²) < 4.78 is 4.73. The van der Waals surface area contributed by atoms with Crippen molar-refractivity contribution in [3.63, 3.8) is 0 Å². The molecule has 3 aliphatic carbocycles. The third-order valence-electron chi connectivity index (χ3n) is 4.73. The van der Waals surface area contributed by atoms with Crippen molar-refractivity contribution in [1.82, 2.24) is 5.32 Å². The van der Waals surface area contributed by atoms with Crippen LogP contribution in [0.2, 0.25) is 0 Å². The van der Waals surface area contributed by atoms with Crippen molar-refractivity contribution < 1.29 is 9.53 Å². The van der Waals surface area contributed by atoms with E-state index in [1.54, 1.807) is 0 Å². The Hall–Kier alpha value is -0.570. The highest BCUT2D eigenvalue weighted by molar-refractivity contribution is 5.75. The second-order valence-corrected chi connectivity index (χ2v) is 5.43. The Kier molecular flexibility index (Phi) is 2.06. The van der Waals surface area contributed by atoms with Crippen molar-refractivity contribution >= 4 is 5.97 Å². The number of ether oxygens (including phenoxy) is 1. The van der Waals surface area contributed by atoms with Crippen LogP contribution in [-0.4, -0.2) is 25.2 Å². The maximum atomic E-state index is 11.3. The molecule has 0 aromatic rings. The first kappa shape index (κ1) is 9.64. The van der Waals surface area contributed by atoms with Crippen LogP contribution in [0.25, 0.3) is 0 Å². The fourth-order valence-corrected chi connectivity index (χ4v) is 4.08. The van der Waals surface area contributed by atoms with E-state index in [0.29, 0.717) is 6.04 Å². The molecule has 3 heteroatoms. The zero-order valence-corrected chi connectivity index (χ0v) is 9.40. The van der Waals surface area contributed by atoms with E-state index in [2.05, 4.69) is 5.32 Å². The quantitative estimate of drug-likeness (QED) is 0.709. The summed E-state index contributed by atoms with van der Waals surface area (Å²) in [5.41, 5.74) is 0. The summed E-state index contributed by atoms with van der Waals surface area (Å²) in [7, 11) is 1.46. The number of methoxy groups -OCH3 is 1. The minimum absolute atomic E-state index is 0.132. The lowest BCUT2D eigenvalue weighted by molar-refractivity contribution is -0.142. The van der Waals surface area contributed by atoms with Crippen LogP contribution in [0.4, 0.5) is 0 Å². The van der Waals surface area contributed by atoms with Crippen LogP contribution in [0.15, 0.2) is 0 Å². The molecule has 0 aliphatic heterocycles. The van der Waals surface area contributed by atoms with Crippen molar-refractivity contribution in [2.24, 2.45) is 23.7 Å². The summed E-state index contributed by atoms with van der Waals surface area (Å²) in [6.45, 7) is 1.90. The van der Waals surface area contributed by atoms with E-state index in [0.717, 1.165) is 23.7 Å². The number of nitrogens with one attached hydrogen (secondary N) is 1. The lowest BCUT2D eigenvalue weighted by atomic mass is 10.0. The number of fused-ring (bicyclic) bond motifs is 5. The molecular formula is C12H19NO2. The molecule has 15 heavy (non-hydrogen) atoms. The second kappa shape index (κ2) is 3.21. The van der Waals surface area contributed by atoms with E-state index in [-0.39, 0.29) is 12.0 Å². The first-order valence-corrected chi connectivity index (χ1v) is 6.06. The molecular weight excluding hydrogens is 190 g/mol. The van der Waals surface area contributed by atoms with E-state index < -0.39 is 0 Å². The fourth-order valence-electron chi connectivity index (χ4n) is 4.08. The maximum absolute atomic E-state index is 11.3. The maximum Gasteiger partial charge on any atom is 0.322 e. The highest BCUT2D eigenvalue weighted by atomic mass is 16.5. The van der Waals surface area contributed by atoms with Gasteiger partial charge in [-0.3, -0.25) is 4.79 Å². The Morgan fingerprint density at radius 1 is 1.33 bits per heavy atom. The molecule has 2 bridgehead atoms. The van der Waals surface area contributed by atoms with Crippen LogP contribution in [0, 0.1) is 23.7 Å².